The van der Waals surface area contributed by atoms with Gasteiger partial charge in [0.25, 0.3) is 5.56 Å². The summed E-state index contributed by atoms with van der Waals surface area (Å²) in [4.78, 5) is 32.6. The minimum absolute atomic E-state index is 0.0971. The molecule has 0 radical (unpaired) electrons. The molecule has 6 nitrogen and oxygen atoms in total. The lowest BCUT2D eigenvalue weighted by Crippen LogP contribution is -2.20. The predicted octanol–water partition coefficient (Wildman–Crippen LogP) is 1.98. The molecule has 2 heterocycles. The highest BCUT2D eigenvalue weighted by atomic mass is 32.2. The van der Waals surface area contributed by atoms with E-state index < -0.39 is 5.91 Å². The van der Waals surface area contributed by atoms with Crippen molar-refractivity contribution < 1.29 is 4.79 Å². The average molecular weight is 340 g/mol. The topological polar surface area (TPSA) is 90.3 Å². The summed E-state index contributed by atoms with van der Waals surface area (Å²) in [5.41, 5.74) is 7.61. The molecule has 24 heavy (non-hydrogen) atoms. The SMILES string of the molecule is Cc1ccc(-n2cnc3c(c2=O)S/C(=N/C=C\CC(N)=O)C3)cc1. The van der Waals surface area contributed by atoms with Gasteiger partial charge in [-0.2, -0.15) is 0 Å². The summed E-state index contributed by atoms with van der Waals surface area (Å²) in [5.74, 6) is -0.406. The molecular weight excluding hydrogens is 324 g/mol. The Morgan fingerprint density at radius 2 is 2.17 bits per heavy atom. The van der Waals surface area contributed by atoms with Crippen molar-refractivity contribution in [3.8, 4) is 5.69 Å². The molecule has 0 unspecified atom stereocenters. The van der Waals surface area contributed by atoms with Crippen molar-refractivity contribution in [2.45, 2.75) is 24.7 Å². The first-order valence-electron chi connectivity index (χ1n) is 7.40. The maximum absolute atomic E-state index is 12.7. The first kappa shape index (κ1) is 16.2. The zero-order valence-electron chi connectivity index (χ0n) is 13.1. The van der Waals surface area contributed by atoms with Gasteiger partial charge >= 0.3 is 0 Å². The molecule has 0 saturated heterocycles. The van der Waals surface area contributed by atoms with Gasteiger partial charge in [-0.25, -0.2) is 4.98 Å². The quantitative estimate of drug-likeness (QED) is 0.921. The van der Waals surface area contributed by atoms with Crippen LogP contribution in [0.5, 0.6) is 0 Å². The van der Waals surface area contributed by atoms with Gasteiger partial charge in [-0.3, -0.25) is 19.1 Å². The van der Waals surface area contributed by atoms with E-state index in [4.69, 9.17) is 5.73 Å². The van der Waals surface area contributed by atoms with Crippen molar-refractivity contribution in [1.29, 1.82) is 0 Å². The van der Waals surface area contributed by atoms with Crippen molar-refractivity contribution in [2.24, 2.45) is 10.7 Å². The second-order valence-corrected chi connectivity index (χ2v) is 6.47. The predicted molar refractivity (Wildman–Crippen MR) is 94.5 cm³/mol. The smallest absolute Gasteiger partial charge is 0.272 e. The van der Waals surface area contributed by atoms with Crippen LogP contribution in [-0.4, -0.2) is 20.5 Å². The van der Waals surface area contributed by atoms with Crippen molar-refractivity contribution in [3.63, 3.8) is 0 Å². The van der Waals surface area contributed by atoms with Crippen LogP contribution in [0.25, 0.3) is 5.69 Å². The Morgan fingerprint density at radius 3 is 2.88 bits per heavy atom. The van der Waals surface area contributed by atoms with Crippen LogP contribution in [0.3, 0.4) is 0 Å². The summed E-state index contributed by atoms with van der Waals surface area (Å²) in [6.45, 7) is 2.00. The summed E-state index contributed by atoms with van der Waals surface area (Å²) < 4.78 is 1.54. The number of carbonyl (C=O) groups is 1. The van der Waals surface area contributed by atoms with Gasteiger partial charge in [0.15, 0.2) is 0 Å². The van der Waals surface area contributed by atoms with Crippen LogP contribution in [0.1, 0.15) is 17.7 Å². The zero-order chi connectivity index (χ0) is 17.1. The fourth-order valence-electron chi connectivity index (χ4n) is 2.26. The van der Waals surface area contributed by atoms with E-state index in [1.54, 1.807) is 12.4 Å². The summed E-state index contributed by atoms with van der Waals surface area (Å²) in [5, 5.41) is 0.775. The van der Waals surface area contributed by atoms with Crippen LogP contribution in [-0.2, 0) is 11.2 Å². The third-order valence-electron chi connectivity index (χ3n) is 3.50. The normalized spacial score (nSPS) is 15.1. The fraction of sp³-hybridized carbons (Fsp3) is 0.176. The van der Waals surface area contributed by atoms with Gasteiger partial charge in [0.2, 0.25) is 5.91 Å². The van der Waals surface area contributed by atoms with Crippen molar-refractivity contribution in [1.82, 2.24) is 9.55 Å². The Labute approximate surface area is 143 Å². The minimum atomic E-state index is -0.406. The lowest BCUT2D eigenvalue weighted by atomic mass is 10.2. The van der Waals surface area contributed by atoms with E-state index in [0.29, 0.717) is 11.3 Å². The Kier molecular flexibility index (Phi) is 4.61. The van der Waals surface area contributed by atoms with Crippen LogP contribution < -0.4 is 11.3 Å². The van der Waals surface area contributed by atoms with Gasteiger partial charge < -0.3 is 5.73 Å². The number of rotatable bonds is 4. The second-order valence-electron chi connectivity index (χ2n) is 5.39. The van der Waals surface area contributed by atoms with Gasteiger partial charge in [-0.1, -0.05) is 35.5 Å². The van der Waals surface area contributed by atoms with Gasteiger partial charge in [-0.05, 0) is 19.1 Å². The highest BCUT2D eigenvalue weighted by Gasteiger charge is 2.23. The zero-order valence-corrected chi connectivity index (χ0v) is 13.9. The molecule has 3 rings (SSSR count). The molecule has 1 aliphatic heterocycles. The van der Waals surface area contributed by atoms with Crippen molar-refractivity contribution >= 4 is 22.7 Å². The number of aromatic nitrogens is 2. The molecule has 2 aromatic rings. The number of amides is 1. The number of hydrogen-bond donors (Lipinski definition) is 1. The molecule has 122 valence electrons. The molecule has 0 bridgehead atoms. The summed E-state index contributed by atoms with van der Waals surface area (Å²) >= 11 is 1.32. The molecule has 1 aliphatic rings. The molecule has 0 saturated carbocycles. The van der Waals surface area contributed by atoms with Gasteiger partial charge in [0, 0.05) is 19.0 Å². The number of nitrogens with two attached hydrogens (primary N) is 1. The Bertz CT molecular complexity index is 898. The summed E-state index contributed by atoms with van der Waals surface area (Å²) in [7, 11) is 0. The fourth-order valence-corrected chi connectivity index (χ4v) is 3.25. The average Bonchev–Trinajstić information content (AvgIpc) is 2.97. The number of aryl methyl sites for hydroxylation is 1. The minimum Gasteiger partial charge on any atom is -0.369 e. The third kappa shape index (κ3) is 3.46. The third-order valence-corrected chi connectivity index (χ3v) is 4.60. The van der Waals surface area contributed by atoms with E-state index in [9.17, 15) is 9.59 Å². The number of fused-ring (bicyclic) bond motifs is 1. The van der Waals surface area contributed by atoms with E-state index in [2.05, 4.69) is 9.98 Å². The molecule has 1 aromatic heterocycles. The maximum Gasteiger partial charge on any atom is 0.272 e. The molecule has 0 atom stereocenters. The van der Waals surface area contributed by atoms with E-state index in [0.717, 1.165) is 22.0 Å². The molecule has 1 aromatic carbocycles. The number of primary amides is 1. The number of nitrogens with zero attached hydrogens (tertiary/aromatic N) is 3. The van der Waals surface area contributed by atoms with E-state index in [1.165, 1.54) is 22.5 Å². The van der Waals surface area contributed by atoms with E-state index >= 15 is 0 Å². The number of benzene rings is 1. The summed E-state index contributed by atoms with van der Waals surface area (Å²) in [6.07, 6.45) is 5.35. The monoisotopic (exact) mass is 340 g/mol. The summed E-state index contributed by atoms with van der Waals surface area (Å²) in [6, 6.07) is 7.70. The van der Waals surface area contributed by atoms with Crippen LogP contribution in [0.4, 0.5) is 0 Å². The molecule has 2 N–H and O–H groups in total. The van der Waals surface area contributed by atoms with Crippen LogP contribution >= 0.6 is 11.8 Å². The second kappa shape index (κ2) is 6.84. The lowest BCUT2D eigenvalue weighted by molar-refractivity contribution is -0.117. The molecule has 1 amide bonds. The largest absolute Gasteiger partial charge is 0.369 e. The molecular formula is C17H16N4O2S. The highest BCUT2D eigenvalue weighted by molar-refractivity contribution is 8.14. The molecule has 0 spiro atoms. The molecule has 7 heteroatoms. The van der Waals surface area contributed by atoms with Gasteiger partial charge in [0.05, 0.1) is 16.4 Å². The molecule has 0 aliphatic carbocycles. The highest BCUT2D eigenvalue weighted by Crippen LogP contribution is 2.29. The Hall–Kier alpha value is -2.67. The Morgan fingerprint density at radius 1 is 1.42 bits per heavy atom. The standard InChI is InChI=1S/C17H16N4O2S/c1-11-4-6-12(7-5-11)21-10-20-13-9-15(24-16(13)17(21)23)19-8-2-3-14(18)22/h2,4-8,10H,3,9H2,1H3,(H2,18,22)/b8-2-,19-15+. The number of hydrogen-bond acceptors (Lipinski definition) is 5. The van der Waals surface area contributed by atoms with Crippen molar-refractivity contribution in [2.75, 3.05) is 0 Å². The van der Waals surface area contributed by atoms with E-state index in [-0.39, 0.29) is 12.0 Å². The van der Waals surface area contributed by atoms with Gasteiger partial charge in [-0.15, -0.1) is 0 Å². The lowest BCUT2D eigenvalue weighted by Gasteiger charge is -2.06. The number of carbonyl (C=O) groups excluding carboxylic acids is 1. The first-order chi connectivity index (χ1) is 11.5. The number of thioether (sulfide) groups is 1. The van der Waals surface area contributed by atoms with Crippen LogP contribution in [0, 0.1) is 6.92 Å². The number of aliphatic imine (C=N–C) groups is 1. The van der Waals surface area contributed by atoms with Crippen LogP contribution in [0.2, 0.25) is 0 Å². The molecule has 0 fully saturated rings. The van der Waals surface area contributed by atoms with Gasteiger partial charge in [0.1, 0.15) is 11.2 Å². The maximum atomic E-state index is 12.7. The van der Waals surface area contributed by atoms with Crippen molar-refractivity contribution in [3.05, 3.63) is 64.5 Å². The van der Waals surface area contributed by atoms with E-state index in [1.807, 2.05) is 31.2 Å². The Balaban J connectivity index is 1.85. The van der Waals surface area contributed by atoms with Crippen LogP contribution in [0.15, 0.2) is 57.6 Å². The first-order valence-corrected chi connectivity index (χ1v) is 8.21.